The SMILES string of the molecule is Fc1ccc(-c2n[nH]cc2C2=CN3C(c4ccccc4F)=CNC3C=C2)cc1. The van der Waals surface area contributed by atoms with Gasteiger partial charge >= 0.3 is 0 Å². The third-order valence-corrected chi connectivity index (χ3v) is 4.92. The van der Waals surface area contributed by atoms with Gasteiger partial charge in [0.1, 0.15) is 17.8 Å². The summed E-state index contributed by atoms with van der Waals surface area (Å²) < 4.78 is 27.6. The summed E-state index contributed by atoms with van der Waals surface area (Å²) in [5.41, 5.74) is 4.67. The van der Waals surface area contributed by atoms with E-state index in [9.17, 15) is 8.78 Å². The number of hydrogen-bond acceptors (Lipinski definition) is 3. The number of fused-ring (bicyclic) bond motifs is 1. The minimum absolute atomic E-state index is 0.0699. The molecule has 0 aliphatic carbocycles. The highest BCUT2D eigenvalue weighted by atomic mass is 19.1. The monoisotopic (exact) mass is 374 g/mol. The minimum atomic E-state index is -0.289. The van der Waals surface area contributed by atoms with Crippen LogP contribution in [0, 0.1) is 11.6 Å². The van der Waals surface area contributed by atoms with Crippen molar-refractivity contribution in [3.05, 3.63) is 102 Å². The molecule has 1 unspecified atom stereocenters. The summed E-state index contributed by atoms with van der Waals surface area (Å²) >= 11 is 0. The van der Waals surface area contributed by atoms with Crippen LogP contribution in [0.3, 0.4) is 0 Å². The molecular weight excluding hydrogens is 358 g/mol. The molecule has 1 aromatic heterocycles. The normalized spacial score (nSPS) is 17.8. The van der Waals surface area contributed by atoms with Gasteiger partial charge in [0.2, 0.25) is 0 Å². The molecule has 4 nitrogen and oxygen atoms in total. The molecule has 5 rings (SSSR count). The van der Waals surface area contributed by atoms with Gasteiger partial charge in [-0.2, -0.15) is 5.10 Å². The van der Waals surface area contributed by atoms with E-state index in [-0.39, 0.29) is 17.8 Å². The summed E-state index contributed by atoms with van der Waals surface area (Å²) in [5.74, 6) is -0.556. The largest absolute Gasteiger partial charge is 0.366 e. The van der Waals surface area contributed by atoms with Crippen LogP contribution in [0.15, 0.2) is 79.3 Å². The van der Waals surface area contributed by atoms with E-state index in [1.165, 1.54) is 18.2 Å². The van der Waals surface area contributed by atoms with E-state index in [1.807, 2.05) is 41.7 Å². The Morgan fingerprint density at radius 3 is 2.61 bits per heavy atom. The molecule has 0 saturated carbocycles. The van der Waals surface area contributed by atoms with Crippen molar-refractivity contribution < 1.29 is 8.78 Å². The fraction of sp³-hybridized carbons (Fsp3) is 0.0455. The van der Waals surface area contributed by atoms with Gasteiger partial charge in [0.05, 0.1) is 11.4 Å². The lowest BCUT2D eigenvalue weighted by Crippen LogP contribution is -2.32. The maximum absolute atomic E-state index is 14.3. The van der Waals surface area contributed by atoms with Crippen LogP contribution < -0.4 is 5.32 Å². The highest BCUT2D eigenvalue weighted by Gasteiger charge is 2.28. The Kier molecular flexibility index (Phi) is 3.83. The van der Waals surface area contributed by atoms with E-state index < -0.39 is 0 Å². The molecular formula is C22H16F2N4. The van der Waals surface area contributed by atoms with Gasteiger partial charge in [0, 0.05) is 40.9 Å². The minimum Gasteiger partial charge on any atom is -0.366 e. The van der Waals surface area contributed by atoms with Crippen molar-refractivity contribution in [3.8, 4) is 11.3 Å². The second kappa shape index (κ2) is 6.49. The number of nitrogens with zero attached hydrogens (tertiary/aromatic N) is 2. The molecule has 0 amide bonds. The number of halogens is 2. The van der Waals surface area contributed by atoms with Crippen molar-refractivity contribution in [1.29, 1.82) is 0 Å². The lowest BCUT2D eigenvalue weighted by atomic mass is 10.00. The lowest BCUT2D eigenvalue weighted by Gasteiger charge is -2.28. The van der Waals surface area contributed by atoms with E-state index in [0.29, 0.717) is 5.56 Å². The molecule has 2 aromatic carbocycles. The van der Waals surface area contributed by atoms with Crippen molar-refractivity contribution >= 4 is 11.3 Å². The summed E-state index contributed by atoms with van der Waals surface area (Å²) in [4.78, 5) is 2.00. The Morgan fingerprint density at radius 2 is 1.79 bits per heavy atom. The highest BCUT2D eigenvalue weighted by molar-refractivity contribution is 5.85. The number of benzene rings is 2. The second-order valence-electron chi connectivity index (χ2n) is 6.63. The van der Waals surface area contributed by atoms with E-state index in [0.717, 1.165) is 28.1 Å². The molecule has 0 bridgehead atoms. The van der Waals surface area contributed by atoms with Crippen LogP contribution in [0.1, 0.15) is 11.1 Å². The van der Waals surface area contributed by atoms with Gasteiger partial charge in [0.25, 0.3) is 0 Å². The average molecular weight is 374 g/mol. The van der Waals surface area contributed by atoms with Crippen LogP contribution in [-0.4, -0.2) is 21.3 Å². The van der Waals surface area contributed by atoms with Crippen molar-refractivity contribution in [1.82, 2.24) is 20.4 Å². The quantitative estimate of drug-likeness (QED) is 0.710. The molecule has 3 aromatic rings. The molecule has 0 spiro atoms. The smallest absolute Gasteiger partial charge is 0.132 e. The first-order valence-corrected chi connectivity index (χ1v) is 8.90. The number of nitrogens with one attached hydrogen (secondary N) is 2. The van der Waals surface area contributed by atoms with Crippen molar-refractivity contribution in [2.45, 2.75) is 6.17 Å². The second-order valence-corrected chi connectivity index (χ2v) is 6.63. The molecule has 2 aliphatic rings. The van der Waals surface area contributed by atoms with Gasteiger partial charge in [-0.15, -0.1) is 0 Å². The zero-order valence-corrected chi connectivity index (χ0v) is 14.7. The average Bonchev–Trinajstić information content (AvgIpc) is 3.36. The third-order valence-electron chi connectivity index (χ3n) is 4.92. The van der Waals surface area contributed by atoms with Gasteiger partial charge in [-0.1, -0.05) is 18.2 Å². The highest BCUT2D eigenvalue weighted by Crippen LogP contribution is 2.35. The molecule has 0 saturated heterocycles. The summed E-state index contributed by atoms with van der Waals surface area (Å²) in [6.07, 6.45) is 9.56. The van der Waals surface area contributed by atoms with Crippen LogP contribution in [0.25, 0.3) is 22.5 Å². The molecule has 1 atom stereocenters. The van der Waals surface area contributed by atoms with Gasteiger partial charge in [0.15, 0.2) is 0 Å². The summed E-state index contributed by atoms with van der Waals surface area (Å²) in [5, 5.41) is 10.5. The Hall–Kier alpha value is -3.67. The van der Waals surface area contributed by atoms with E-state index >= 15 is 0 Å². The van der Waals surface area contributed by atoms with Crippen molar-refractivity contribution in [2.75, 3.05) is 0 Å². The zero-order valence-electron chi connectivity index (χ0n) is 14.7. The number of rotatable bonds is 3. The molecule has 0 fully saturated rings. The first-order chi connectivity index (χ1) is 13.7. The molecule has 6 heteroatoms. The fourth-order valence-electron chi connectivity index (χ4n) is 3.54. The Morgan fingerprint density at radius 1 is 0.964 bits per heavy atom. The van der Waals surface area contributed by atoms with Crippen LogP contribution in [0.4, 0.5) is 8.78 Å². The molecule has 2 aliphatic heterocycles. The van der Waals surface area contributed by atoms with Crippen LogP contribution in [0.2, 0.25) is 0 Å². The van der Waals surface area contributed by atoms with Gasteiger partial charge in [-0.25, -0.2) is 8.78 Å². The van der Waals surface area contributed by atoms with Gasteiger partial charge in [-0.05, 0) is 42.5 Å². The predicted octanol–water partition coefficient (Wildman–Crippen LogP) is 4.50. The molecule has 138 valence electrons. The van der Waals surface area contributed by atoms with E-state index in [4.69, 9.17) is 0 Å². The number of allylic oxidation sites excluding steroid dienone is 2. The van der Waals surface area contributed by atoms with Crippen molar-refractivity contribution in [2.24, 2.45) is 0 Å². The first kappa shape index (κ1) is 16.5. The molecule has 28 heavy (non-hydrogen) atoms. The Bertz CT molecular complexity index is 1130. The fourth-order valence-corrected chi connectivity index (χ4v) is 3.54. The number of aromatic amines is 1. The molecule has 3 heterocycles. The van der Waals surface area contributed by atoms with Crippen LogP contribution in [-0.2, 0) is 0 Å². The number of aromatic nitrogens is 2. The predicted molar refractivity (Wildman–Crippen MR) is 104 cm³/mol. The number of H-pyrrole nitrogens is 1. The van der Waals surface area contributed by atoms with Crippen molar-refractivity contribution in [3.63, 3.8) is 0 Å². The third kappa shape index (κ3) is 2.70. The lowest BCUT2D eigenvalue weighted by molar-refractivity contribution is 0.441. The maximum Gasteiger partial charge on any atom is 0.132 e. The number of hydrogen-bond donors (Lipinski definition) is 2. The maximum atomic E-state index is 14.3. The van der Waals surface area contributed by atoms with Gasteiger partial charge in [-0.3, -0.25) is 5.10 Å². The van der Waals surface area contributed by atoms with Crippen LogP contribution in [0.5, 0.6) is 0 Å². The summed E-state index contributed by atoms with van der Waals surface area (Å²) in [6, 6.07) is 12.9. The molecule has 2 N–H and O–H groups in total. The van der Waals surface area contributed by atoms with E-state index in [2.05, 4.69) is 15.5 Å². The Balaban J connectivity index is 1.53. The van der Waals surface area contributed by atoms with E-state index in [1.54, 1.807) is 24.3 Å². The summed E-state index contributed by atoms with van der Waals surface area (Å²) in [7, 11) is 0. The van der Waals surface area contributed by atoms with Gasteiger partial charge < -0.3 is 10.2 Å². The molecule has 0 radical (unpaired) electrons. The first-order valence-electron chi connectivity index (χ1n) is 8.90. The summed E-state index contributed by atoms with van der Waals surface area (Å²) in [6.45, 7) is 0. The topological polar surface area (TPSA) is 44.0 Å². The van der Waals surface area contributed by atoms with Crippen LogP contribution >= 0.6 is 0 Å². The standard InChI is InChI=1S/C22H16F2N4/c23-16-8-5-14(6-9-16)22-18(11-26-27-22)15-7-10-21-25-12-20(28(21)13-15)17-3-1-2-4-19(17)24/h1-13,21,25H,(H,26,27). The zero-order chi connectivity index (χ0) is 19.1. The Labute approximate surface area is 160 Å².